The van der Waals surface area contributed by atoms with E-state index < -0.39 is 0 Å². The van der Waals surface area contributed by atoms with Crippen molar-refractivity contribution in [3.8, 4) is 0 Å². The fourth-order valence-electron chi connectivity index (χ4n) is 3.20. The minimum Gasteiger partial charge on any atom is -0.349 e. The quantitative estimate of drug-likeness (QED) is 0.748. The molecule has 1 amide bonds. The number of pyridine rings is 2. The highest BCUT2D eigenvalue weighted by atomic mass is 16.2. The number of aromatic nitrogens is 2. The largest absolute Gasteiger partial charge is 0.349 e. The Hall–Kier alpha value is -2.21. The van der Waals surface area contributed by atoms with E-state index in [1.165, 1.54) is 0 Å². The number of carbonyl (C=O) groups is 1. The number of rotatable bonds is 9. The van der Waals surface area contributed by atoms with E-state index in [1.54, 1.807) is 16.8 Å². The molecule has 0 aromatic carbocycles. The van der Waals surface area contributed by atoms with Crippen molar-refractivity contribution in [3.05, 3.63) is 40.3 Å². The van der Waals surface area contributed by atoms with E-state index in [0.717, 1.165) is 37.9 Å². The van der Waals surface area contributed by atoms with Crippen LogP contribution in [0.4, 0.5) is 0 Å². The van der Waals surface area contributed by atoms with E-state index in [4.69, 9.17) is 0 Å². The lowest BCUT2D eigenvalue weighted by Crippen LogP contribution is -2.38. The van der Waals surface area contributed by atoms with Gasteiger partial charge in [0.05, 0.1) is 0 Å². The van der Waals surface area contributed by atoms with E-state index in [1.807, 2.05) is 26.0 Å². The molecular formula is C20H30N4O2. The second-order valence-electron chi connectivity index (χ2n) is 6.57. The van der Waals surface area contributed by atoms with Gasteiger partial charge in [-0.15, -0.1) is 0 Å². The minimum absolute atomic E-state index is 0.0251. The van der Waals surface area contributed by atoms with Gasteiger partial charge in [-0.2, -0.15) is 0 Å². The number of nitrogens with one attached hydrogen (secondary N) is 1. The Labute approximate surface area is 155 Å². The summed E-state index contributed by atoms with van der Waals surface area (Å²) in [4.78, 5) is 32.0. The van der Waals surface area contributed by atoms with Crippen LogP contribution in [0.1, 0.15) is 50.9 Å². The summed E-state index contributed by atoms with van der Waals surface area (Å²) in [6.45, 7) is 11.8. The number of amides is 1. The van der Waals surface area contributed by atoms with Crippen LogP contribution in [-0.4, -0.2) is 46.0 Å². The number of fused-ring (bicyclic) bond motifs is 1. The highest BCUT2D eigenvalue weighted by Gasteiger charge is 2.17. The molecule has 2 aromatic rings. The molecule has 2 rings (SSSR count). The second-order valence-corrected chi connectivity index (χ2v) is 6.57. The van der Waals surface area contributed by atoms with Crippen molar-refractivity contribution in [2.45, 2.75) is 53.1 Å². The Morgan fingerprint density at radius 1 is 1.31 bits per heavy atom. The molecule has 26 heavy (non-hydrogen) atoms. The normalized spacial score (nSPS) is 12.5. The standard InChI is InChI=1S/C20H30N4O2/c1-5-23(6-2)13-9-10-15(4)22-19(25)17-14-16-11-8-12-21-18(16)24(7-3)20(17)26/h8,11-12,14-15H,5-7,9-10,13H2,1-4H3,(H,22,25). The Morgan fingerprint density at radius 3 is 2.69 bits per heavy atom. The fourth-order valence-corrected chi connectivity index (χ4v) is 3.20. The van der Waals surface area contributed by atoms with Crippen LogP contribution in [-0.2, 0) is 6.54 Å². The van der Waals surface area contributed by atoms with E-state index in [-0.39, 0.29) is 23.1 Å². The molecule has 0 aliphatic heterocycles. The van der Waals surface area contributed by atoms with E-state index in [9.17, 15) is 9.59 Å². The average molecular weight is 358 g/mol. The maximum atomic E-state index is 12.7. The van der Waals surface area contributed by atoms with Gasteiger partial charge in [0.25, 0.3) is 11.5 Å². The van der Waals surface area contributed by atoms with Crippen molar-refractivity contribution in [2.24, 2.45) is 0 Å². The third-order valence-electron chi connectivity index (χ3n) is 4.79. The van der Waals surface area contributed by atoms with Crippen molar-refractivity contribution >= 4 is 16.9 Å². The number of hydrogen-bond donors (Lipinski definition) is 1. The van der Waals surface area contributed by atoms with Crippen LogP contribution >= 0.6 is 0 Å². The lowest BCUT2D eigenvalue weighted by Gasteiger charge is -2.20. The maximum absolute atomic E-state index is 12.7. The Bertz CT molecular complexity index is 796. The minimum atomic E-state index is -0.307. The number of aryl methyl sites for hydroxylation is 1. The molecule has 0 bridgehead atoms. The van der Waals surface area contributed by atoms with Gasteiger partial charge in [0.2, 0.25) is 0 Å². The van der Waals surface area contributed by atoms with Crippen LogP contribution in [0.2, 0.25) is 0 Å². The first-order chi connectivity index (χ1) is 12.5. The zero-order valence-corrected chi connectivity index (χ0v) is 16.3. The molecule has 2 heterocycles. The molecule has 0 fully saturated rings. The lowest BCUT2D eigenvalue weighted by atomic mass is 10.1. The molecular weight excluding hydrogens is 328 g/mol. The van der Waals surface area contributed by atoms with Gasteiger partial charge in [0.1, 0.15) is 11.2 Å². The predicted molar refractivity (Wildman–Crippen MR) is 106 cm³/mol. The molecule has 0 saturated carbocycles. The molecule has 0 aliphatic rings. The van der Waals surface area contributed by atoms with Crippen molar-refractivity contribution < 1.29 is 4.79 Å². The van der Waals surface area contributed by atoms with Crippen LogP contribution in [0.15, 0.2) is 29.2 Å². The van der Waals surface area contributed by atoms with Gasteiger partial charge in [-0.25, -0.2) is 4.98 Å². The molecule has 0 saturated heterocycles. The summed E-state index contributed by atoms with van der Waals surface area (Å²) in [7, 11) is 0. The Morgan fingerprint density at radius 2 is 2.04 bits per heavy atom. The lowest BCUT2D eigenvalue weighted by molar-refractivity contribution is 0.0935. The SMILES string of the molecule is CCN(CC)CCCC(C)NC(=O)c1cc2cccnc2n(CC)c1=O. The highest BCUT2D eigenvalue weighted by Crippen LogP contribution is 2.11. The van der Waals surface area contributed by atoms with Crippen LogP contribution < -0.4 is 10.9 Å². The average Bonchev–Trinajstić information content (AvgIpc) is 2.64. The summed E-state index contributed by atoms with van der Waals surface area (Å²) in [5, 5.41) is 3.77. The Kier molecular flexibility index (Phi) is 7.33. The molecule has 1 unspecified atom stereocenters. The molecule has 0 spiro atoms. The topological polar surface area (TPSA) is 67.2 Å². The van der Waals surface area contributed by atoms with Gasteiger partial charge in [-0.1, -0.05) is 13.8 Å². The van der Waals surface area contributed by atoms with Crippen molar-refractivity contribution in [3.63, 3.8) is 0 Å². The van der Waals surface area contributed by atoms with Crippen molar-refractivity contribution in [2.75, 3.05) is 19.6 Å². The molecule has 6 heteroatoms. The van der Waals surface area contributed by atoms with Gasteiger partial charge >= 0.3 is 0 Å². The molecule has 1 atom stereocenters. The summed E-state index contributed by atoms with van der Waals surface area (Å²) in [5.41, 5.74) is 0.512. The molecule has 6 nitrogen and oxygen atoms in total. The smallest absolute Gasteiger partial charge is 0.265 e. The zero-order chi connectivity index (χ0) is 19.1. The predicted octanol–water partition coefficient (Wildman–Crippen LogP) is 2.66. The molecule has 0 radical (unpaired) electrons. The first kappa shape index (κ1) is 20.1. The van der Waals surface area contributed by atoms with E-state index in [2.05, 4.69) is 29.0 Å². The van der Waals surface area contributed by atoms with Crippen molar-refractivity contribution in [1.29, 1.82) is 0 Å². The Balaban J connectivity index is 2.10. The van der Waals surface area contributed by atoms with Gasteiger partial charge in [0.15, 0.2) is 0 Å². The van der Waals surface area contributed by atoms with Gasteiger partial charge < -0.3 is 10.2 Å². The number of hydrogen-bond acceptors (Lipinski definition) is 4. The zero-order valence-electron chi connectivity index (χ0n) is 16.3. The van der Waals surface area contributed by atoms with Gasteiger partial charge in [0, 0.05) is 24.2 Å². The van der Waals surface area contributed by atoms with Crippen LogP contribution in [0.25, 0.3) is 11.0 Å². The van der Waals surface area contributed by atoms with Crippen LogP contribution in [0, 0.1) is 0 Å². The second kappa shape index (κ2) is 9.48. The third kappa shape index (κ3) is 4.69. The van der Waals surface area contributed by atoms with E-state index in [0.29, 0.717) is 12.2 Å². The third-order valence-corrected chi connectivity index (χ3v) is 4.79. The summed E-state index contributed by atoms with van der Waals surface area (Å²) < 4.78 is 1.55. The maximum Gasteiger partial charge on any atom is 0.265 e. The first-order valence-electron chi connectivity index (χ1n) is 9.53. The summed E-state index contributed by atoms with van der Waals surface area (Å²) in [6, 6.07) is 5.36. The van der Waals surface area contributed by atoms with Crippen molar-refractivity contribution in [1.82, 2.24) is 19.8 Å². The van der Waals surface area contributed by atoms with Gasteiger partial charge in [-0.3, -0.25) is 14.2 Å². The monoisotopic (exact) mass is 358 g/mol. The number of nitrogens with zero attached hydrogens (tertiary/aromatic N) is 3. The first-order valence-corrected chi connectivity index (χ1v) is 9.53. The highest BCUT2D eigenvalue weighted by molar-refractivity contribution is 5.97. The summed E-state index contributed by atoms with van der Waals surface area (Å²) >= 11 is 0. The summed E-state index contributed by atoms with van der Waals surface area (Å²) in [5.74, 6) is -0.307. The van der Waals surface area contributed by atoms with Crippen LogP contribution in [0.5, 0.6) is 0 Å². The molecule has 1 N–H and O–H groups in total. The van der Waals surface area contributed by atoms with E-state index >= 15 is 0 Å². The number of carbonyl (C=O) groups excluding carboxylic acids is 1. The molecule has 2 aromatic heterocycles. The molecule has 142 valence electrons. The summed E-state index contributed by atoms with van der Waals surface area (Å²) in [6.07, 6.45) is 3.56. The van der Waals surface area contributed by atoms with Gasteiger partial charge in [-0.05, 0) is 64.5 Å². The molecule has 0 aliphatic carbocycles. The van der Waals surface area contributed by atoms with Crippen LogP contribution in [0.3, 0.4) is 0 Å². The fraction of sp³-hybridized carbons (Fsp3) is 0.550.